The Kier molecular flexibility index (Phi) is 8.07. The number of rotatable bonds is 7. The van der Waals surface area contributed by atoms with Crippen LogP contribution in [0.5, 0.6) is 11.5 Å². The van der Waals surface area contributed by atoms with Crippen LogP contribution in [0.4, 0.5) is 0 Å². The Morgan fingerprint density at radius 3 is 2.47 bits per heavy atom. The molecule has 9 heteroatoms. The zero-order valence-electron chi connectivity index (χ0n) is 20.2. The molecule has 8 nitrogen and oxygen atoms in total. The number of dihydropyridines is 1. The number of carbonyl (C=O) groups is 3. The summed E-state index contributed by atoms with van der Waals surface area (Å²) in [5.41, 5.74) is 2.61. The number of carbonyl (C=O) groups excluding carboxylic acids is 3. The Morgan fingerprint density at radius 1 is 1.18 bits per heavy atom. The Hall–Kier alpha value is -2.81. The van der Waals surface area contributed by atoms with E-state index in [4.69, 9.17) is 18.9 Å². The number of benzene rings is 1. The number of halogens is 1. The molecule has 0 fully saturated rings. The number of ether oxygens (including phenoxy) is 4. The van der Waals surface area contributed by atoms with E-state index in [1.807, 2.05) is 13.8 Å². The maximum Gasteiger partial charge on any atom is 0.336 e. The van der Waals surface area contributed by atoms with Crippen molar-refractivity contribution in [3.63, 3.8) is 0 Å². The van der Waals surface area contributed by atoms with Crippen molar-refractivity contribution in [1.82, 2.24) is 5.32 Å². The Balaban J connectivity index is 2.27. The first-order valence-corrected chi connectivity index (χ1v) is 12.0. The van der Waals surface area contributed by atoms with E-state index < -0.39 is 23.8 Å². The van der Waals surface area contributed by atoms with E-state index >= 15 is 0 Å². The minimum Gasteiger partial charge on any atom is -0.492 e. The molecule has 2 aliphatic rings. The smallest absolute Gasteiger partial charge is 0.336 e. The first-order valence-electron chi connectivity index (χ1n) is 11.2. The van der Waals surface area contributed by atoms with Gasteiger partial charge in [-0.25, -0.2) is 4.79 Å². The molecule has 184 valence electrons. The lowest BCUT2D eigenvalue weighted by Gasteiger charge is -2.38. The fraction of sp³-hybridized carbons (Fsp3) is 0.480. The van der Waals surface area contributed by atoms with Gasteiger partial charge in [0.15, 0.2) is 17.3 Å². The summed E-state index contributed by atoms with van der Waals surface area (Å²) in [5.74, 6) is -2.48. The quantitative estimate of drug-likeness (QED) is 0.412. The molecule has 1 N–H and O–H groups in total. The number of hydrogen-bond acceptors (Lipinski definition) is 8. The molecule has 1 aromatic rings. The van der Waals surface area contributed by atoms with E-state index in [2.05, 4.69) is 21.2 Å². The third-order valence-corrected chi connectivity index (χ3v) is 6.70. The van der Waals surface area contributed by atoms with Crippen molar-refractivity contribution in [3.05, 3.63) is 44.7 Å². The molecule has 0 amide bonds. The van der Waals surface area contributed by atoms with Gasteiger partial charge >= 0.3 is 11.9 Å². The van der Waals surface area contributed by atoms with Crippen molar-refractivity contribution < 1.29 is 33.3 Å². The predicted molar refractivity (Wildman–Crippen MR) is 128 cm³/mol. The summed E-state index contributed by atoms with van der Waals surface area (Å²) >= 11 is 3.53. The van der Waals surface area contributed by atoms with Crippen molar-refractivity contribution in [2.45, 2.75) is 40.0 Å². The first kappa shape index (κ1) is 25.8. The van der Waals surface area contributed by atoms with Crippen LogP contribution in [0.2, 0.25) is 0 Å². The number of hydrogen-bond donors (Lipinski definition) is 1. The third-order valence-electron chi connectivity index (χ3n) is 6.11. The molecule has 3 atom stereocenters. The number of nitrogens with one attached hydrogen (secondary N) is 1. The molecule has 0 aromatic heterocycles. The third kappa shape index (κ3) is 4.58. The van der Waals surface area contributed by atoms with Crippen LogP contribution in [0.1, 0.15) is 45.6 Å². The molecule has 0 saturated carbocycles. The van der Waals surface area contributed by atoms with Gasteiger partial charge in [0, 0.05) is 22.9 Å². The highest BCUT2D eigenvalue weighted by Gasteiger charge is 2.47. The van der Waals surface area contributed by atoms with Crippen LogP contribution in [0.15, 0.2) is 39.1 Å². The summed E-state index contributed by atoms with van der Waals surface area (Å²) in [4.78, 5) is 39.4. The molecular weight excluding hydrogens is 506 g/mol. The van der Waals surface area contributed by atoms with E-state index in [1.165, 1.54) is 14.2 Å². The normalized spacial score (nSPS) is 22.1. The second-order valence-corrected chi connectivity index (χ2v) is 9.08. The highest BCUT2D eigenvalue weighted by molar-refractivity contribution is 9.10. The van der Waals surface area contributed by atoms with Crippen molar-refractivity contribution in [1.29, 1.82) is 0 Å². The van der Waals surface area contributed by atoms with Gasteiger partial charge in [-0.1, -0.05) is 6.92 Å². The first-order chi connectivity index (χ1) is 16.2. The SMILES string of the molecule is CCOC(=O)C1=C(C)NC2=C(C(=O)[C@H](C(=O)OC)[C@@H](C)C2)[C@H]1c1cc(Br)c(OC)c(OCC)c1. The lowest BCUT2D eigenvalue weighted by Crippen LogP contribution is -2.43. The van der Waals surface area contributed by atoms with E-state index in [0.717, 1.165) is 0 Å². The Bertz CT molecular complexity index is 1080. The van der Waals surface area contributed by atoms with Crippen LogP contribution in [-0.4, -0.2) is 45.2 Å². The number of methoxy groups -OCH3 is 2. The molecule has 0 saturated heterocycles. The number of ketones is 1. The van der Waals surface area contributed by atoms with E-state index in [1.54, 1.807) is 26.0 Å². The molecule has 1 heterocycles. The van der Waals surface area contributed by atoms with Crippen LogP contribution in [0.3, 0.4) is 0 Å². The highest BCUT2D eigenvalue weighted by atomic mass is 79.9. The molecule has 0 bridgehead atoms. The zero-order chi connectivity index (χ0) is 25.2. The molecule has 3 rings (SSSR count). The molecule has 1 aliphatic carbocycles. The average molecular weight is 536 g/mol. The fourth-order valence-corrected chi connectivity index (χ4v) is 5.33. The number of Topliss-reactive ketones (excluding diaryl/α,β-unsaturated/α-hetero) is 1. The van der Waals surface area contributed by atoms with E-state index in [0.29, 0.717) is 57.1 Å². The van der Waals surface area contributed by atoms with Gasteiger partial charge in [-0.2, -0.15) is 0 Å². The summed E-state index contributed by atoms with van der Waals surface area (Å²) in [6.07, 6.45) is 0.459. The van der Waals surface area contributed by atoms with Gasteiger partial charge in [-0.3, -0.25) is 9.59 Å². The summed E-state index contributed by atoms with van der Waals surface area (Å²) in [6.45, 7) is 7.78. The molecule has 1 aliphatic heterocycles. The highest BCUT2D eigenvalue weighted by Crippen LogP contribution is 2.48. The van der Waals surface area contributed by atoms with E-state index in [9.17, 15) is 14.4 Å². The lowest BCUT2D eigenvalue weighted by molar-refractivity contribution is -0.151. The van der Waals surface area contributed by atoms with Crippen LogP contribution < -0.4 is 14.8 Å². The van der Waals surface area contributed by atoms with Crippen molar-refractivity contribution >= 4 is 33.7 Å². The minimum atomic E-state index is -0.956. The number of esters is 2. The maximum atomic E-state index is 13.8. The van der Waals surface area contributed by atoms with E-state index in [-0.39, 0.29) is 18.3 Å². The van der Waals surface area contributed by atoms with Crippen LogP contribution in [0, 0.1) is 11.8 Å². The lowest BCUT2D eigenvalue weighted by atomic mass is 9.69. The minimum absolute atomic E-state index is 0.181. The Morgan fingerprint density at radius 2 is 1.88 bits per heavy atom. The molecule has 0 unspecified atom stereocenters. The second-order valence-electron chi connectivity index (χ2n) is 8.22. The Labute approximate surface area is 207 Å². The van der Waals surface area contributed by atoms with Gasteiger partial charge < -0.3 is 24.3 Å². The monoisotopic (exact) mass is 535 g/mol. The van der Waals surface area contributed by atoms with Gasteiger partial charge in [-0.15, -0.1) is 0 Å². The van der Waals surface area contributed by atoms with Gasteiger partial charge in [0.25, 0.3) is 0 Å². The molecule has 34 heavy (non-hydrogen) atoms. The molecule has 0 radical (unpaired) electrons. The van der Waals surface area contributed by atoms with Gasteiger partial charge in [0.2, 0.25) is 0 Å². The summed E-state index contributed by atoms with van der Waals surface area (Å²) in [6, 6.07) is 3.56. The molecular formula is C25H30BrNO7. The van der Waals surface area contributed by atoms with Gasteiger partial charge in [0.05, 0.1) is 37.5 Å². The maximum absolute atomic E-state index is 13.8. The summed E-state index contributed by atoms with van der Waals surface area (Å²) in [5, 5.41) is 3.24. The van der Waals surface area contributed by atoms with Crippen LogP contribution in [-0.2, 0) is 23.9 Å². The van der Waals surface area contributed by atoms with Gasteiger partial charge in [0.1, 0.15) is 5.92 Å². The standard InChI is InChI=1S/C25H30BrNO7/c1-7-33-17-11-14(10-15(26)23(17)31-5)20-19(25(30)34-8-2)13(4)27-16-9-12(3)18(24(29)32-6)22(28)21(16)20/h10-12,18,20,27H,7-9H2,1-6H3/t12-,18+,20-/m0/s1. The number of allylic oxidation sites excluding steroid dienone is 3. The topological polar surface area (TPSA) is 100 Å². The largest absolute Gasteiger partial charge is 0.492 e. The average Bonchev–Trinajstić information content (AvgIpc) is 2.78. The fourth-order valence-electron chi connectivity index (χ4n) is 4.71. The van der Waals surface area contributed by atoms with Crippen molar-refractivity contribution in [2.75, 3.05) is 27.4 Å². The second kappa shape index (κ2) is 10.6. The summed E-state index contributed by atoms with van der Waals surface area (Å²) in [7, 11) is 2.81. The van der Waals surface area contributed by atoms with Crippen molar-refractivity contribution in [3.8, 4) is 11.5 Å². The van der Waals surface area contributed by atoms with Crippen LogP contribution >= 0.6 is 15.9 Å². The molecule has 0 spiro atoms. The van der Waals surface area contributed by atoms with Crippen LogP contribution in [0.25, 0.3) is 0 Å². The van der Waals surface area contributed by atoms with Gasteiger partial charge in [-0.05, 0) is 66.7 Å². The summed E-state index contributed by atoms with van der Waals surface area (Å²) < 4.78 is 22.2. The zero-order valence-corrected chi connectivity index (χ0v) is 21.8. The van der Waals surface area contributed by atoms with Crippen molar-refractivity contribution in [2.24, 2.45) is 11.8 Å². The predicted octanol–water partition coefficient (Wildman–Crippen LogP) is 4.03. The molecule has 1 aromatic carbocycles.